The lowest BCUT2D eigenvalue weighted by Gasteiger charge is -2.32. The maximum Gasteiger partial charge on any atom is 0.223 e. The number of hydrogen-bond donors (Lipinski definition) is 2. The van der Waals surface area contributed by atoms with E-state index < -0.39 is 0 Å². The molecule has 2 N–H and O–H groups in total. The van der Waals surface area contributed by atoms with Crippen LogP contribution in [0.2, 0.25) is 0 Å². The maximum absolute atomic E-state index is 12.2. The molecule has 2 aliphatic rings. The molecule has 1 aliphatic heterocycles. The molecule has 0 aromatic rings. The number of carbonyl (C=O) groups excluding carboxylic acids is 1. The van der Waals surface area contributed by atoms with Gasteiger partial charge in [-0.25, -0.2) is 0 Å². The molecule has 122 valence electrons. The van der Waals surface area contributed by atoms with Gasteiger partial charge in [0.15, 0.2) is 0 Å². The minimum absolute atomic E-state index is 0.252. The number of carbonyl (C=O) groups is 1. The van der Waals surface area contributed by atoms with Gasteiger partial charge in [0.2, 0.25) is 5.91 Å². The van der Waals surface area contributed by atoms with Crippen LogP contribution < -0.4 is 5.32 Å². The summed E-state index contributed by atoms with van der Waals surface area (Å²) in [7, 11) is 0. The van der Waals surface area contributed by atoms with Crippen molar-refractivity contribution >= 4 is 5.91 Å². The Morgan fingerprint density at radius 3 is 2.33 bits per heavy atom. The molecule has 0 spiro atoms. The number of rotatable bonds is 6. The van der Waals surface area contributed by atoms with E-state index in [2.05, 4.69) is 17.1 Å². The molecule has 4 heteroatoms. The molecule has 0 atom stereocenters. The minimum Gasteiger partial charge on any atom is -0.395 e. The van der Waals surface area contributed by atoms with E-state index in [0.717, 1.165) is 57.8 Å². The zero-order chi connectivity index (χ0) is 15.1. The summed E-state index contributed by atoms with van der Waals surface area (Å²) in [6, 6.07) is 0. The largest absolute Gasteiger partial charge is 0.395 e. The fraction of sp³-hybridized carbons (Fsp3) is 0.941. The van der Waals surface area contributed by atoms with Gasteiger partial charge in [-0.05, 0) is 63.5 Å². The molecular formula is C17H32N2O2. The summed E-state index contributed by atoms with van der Waals surface area (Å²) in [6.07, 6.45) is 8.17. The van der Waals surface area contributed by atoms with Crippen LogP contribution in [-0.2, 0) is 4.79 Å². The van der Waals surface area contributed by atoms with E-state index in [1.54, 1.807) is 0 Å². The van der Waals surface area contributed by atoms with E-state index in [1.807, 2.05) is 0 Å². The second-order valence-electron chi connectivity index (χ2n) is 6.88. The van der Waals surface area contributed by atoms with Crippen molar-refractivity contribution in [2.75, 3.05) is 32.8 Å². The molecule has 1 aliphatic carbocycles. The second kappa shape index (κ2) is 8.74. The van der Waals surface area contributed by atoms with Crippen LogP contribution in [0.25, 0.3) is 0 Å². The van der Waals surface area contributed by atoms with E-state index in [-0.39, 0.29) is 12.5 Å². The predicted molar refractivity (Wildman–Crippen MR) is 85.0 cm³/mol. The van der Waals surface area contributed by atoms with Crippen LogP contribution >= 0.6 is 0 Å². The van der Waals surface area contributed by atoms with Crippen LogP contribution in [0.5, 0.6) is 0 Å². The Hall–Kier alpha value is -0.610. The molecule has 0 unspecified atom stereocenters. The summed E-state index contributed by atoms with van der Waals surface area (Å²) in [6.45, 7) is 6.26. The van der Waals surface area contributed by atoms with Gasteiger partial charge in [-0.1, -0.05) is 13.3 Å². The predicted octanol–water partition coefficient (Wildman–Crippen LogP) is 2.02. The zero-order valence-electron chi connectivity index (χ0n) is 13.5. The summed E-state index contributed by atoms with van der Waals surface area (Å²) in [4.78, 5) is 14.6. The quantitative estimate of drug-likeness (QED) is 0.788. The number of β-amino-alcohol motifs (C(OH)–C–C–N with tert-alkyl or cyclic N) is 1. The Labute approximate surface area is 129 Å². The van der Waals surface area contributed by atoms with E-state index >= 15 is 0 Å². The smallest absolute Gasteiger partial charge is 0.223 e. The highest BCUT2D eigenvalue weighted by molar-refractivity contribution is 5.78. The van der Waals surface area contributed by atoms with Gasteiger partial charge in [0.1, 0.15) is 0 Å². The number of aliphatic hydroxyl groups is 1. The first kappa shape index (κ1) is 16.8. The average Bonchev–Trinajstić information content (AvgIpc) is 2.54. The molecular weight excluding hydrogens is 264 g/mol. The number of hydrogen-bond acceptors (Lipinski definition) is 3. The Morgan fingerprint density at radius 2 is 1.76 bits per heavy atom. The summed E-state index contributed by atoms with van der Waals surface area (Å²) in [5, 5.41) is 12.1. The van der Waals surface area contributed by atoms with E-state index in [9.17, 15) is 4.79 Å². The van der Waals surface area contributed by atoms with Crippen molar-refractivity contribution in [1.29, 1.82) is 0 Å². The number of likely N-dealkylation sites (tertiary alicyclic amines) is 1. The van der Waals surface area contributed by atoms with E-state index in [1.165, 1.54) is 19.3 Å². The molecule has 1 heterocycles. The fourth-order valence-electron chi connectivity index (χ4n) is 3.78. The minimum atomic E-state index is 0.252. The lowest BCUT2D eigenvalue weighted by molar-refractivity contribution is -0.126. The third-order valence-corrected chi connectivity index (χ3v) is 5.48. The number of nitrogens with zero attached hydrogens (tertiary/aromatic N) is 1. The van der Waals surface area contributed by atoms with Crippen molar-refractivity contribution in [2.45, 2.75) is 51.9 Å². The molecule has 0 aromatic carbocycles. The van der Waals surface area contributed by atoms with Crippen molar-refractivity contribution < 1.29 is 9.90 Å². The summed E-state index contributed by atoms with van der Waals surface area (Å²) in [5.74, 6) is 2.03. The van der Waals surface area contributed by atoms with Crippen LogP contribution in [0.4, 0.5) is 0 Å². The monoisotopic (exact) mass is 296 g/mol. The van der Waals surface area contributed by atoms with Crippen molar-refractivity contribution in [2.24, 2.45) is 17.8 Å². The van der Waals surface area contributed by atoms with Crippen molar-refractivity contribution in [3.63, 3.8) is 0 Å². The average molecular weight is 296 g/mol. The maximum atomic E-state index is 12.2. The van der Waals surface area contributed by atoms with Crippen molar-refractivity contribution in [3.05, 3.63) is 0 Å². The molecule has 1 saturated heterocycles. The Kier molecular flexibility index (Phi) is 6.97. The van der Waals surface area contributed by atoms with Crippen molar-refractivity contribution in [3.8, 4) is 0 Å². The third-order valence-electron chi connectivity index (χ3n) is 5.48. The van der Waals surface area contributed by atoms with Gasteiger partial charge in [-0.15, -0.1) is 0 Å². The number of nitrogens with one attached hydrogen (secondary N) is 1. The molecule has 0 aromatic heterocycles. The highest BCUT2D eigenvalue weighted by Crippen LogP contribution is 2.30. The summed E-state index contributed by atoms with van der Waals surface area (Å²) in [5.41, 5.74) is 0. The molecule has 0 radical (unpaired) electrons. The number of piperidine rings is 1. The Morgan fingerprint density at radius 1 is 1.10 bits per heavy atom. The summed E-state index contributed by atoms with van der Waals surface area (Å²) >= 11 is 0. The number of aliphatic hydroxyl groups excluding tert-OH is 1. The third kappa shape index (κ3) is 5.26. The summed E-state index contributed by atoms with van der Waals surface area (Å²) < 4.78 is 0. The second-order valence-corrected chi connectivity index (χ2v) is 6.88. The van der Waals surface area contributed by atoms with Gasteiger partial charge >= 0.3 is 0 Å². The Bertz CT molecular complexity index is 306. The lowest BCUT2D eigenvalue weighted by Crippen LogP contribution is -2.41. The molecule has 2 fully saturated rings. The first-order valence-corrected chi connectivity index (χ1v) is 8.83. The SMILES string of the molecule is CCC1CCC(C(=O)NCC2CCN(CCO)CC2)CC1. The standard InChI is InChI=1S/C17H32N2O2/c1-2-14-3-5-16(6-4-14)17(21)18-13-15-7-9-19(10-8-15)11-12-20/h14-16,20H,2-13H2,1H3,(H,18,21). The first-order valence-electron chi connectivity index (χ1n) is 8.83. The number of amides is 1. The lowest BCUT2D eigenvalue weighted by atomic mass is 9.80. The van der Waals surface area contributed by atoms with E-state index in [0.29, 0.717) is 11.8 Å². The first-order chi connectivity index (χ1) is 10.2. The van der Waals surface area contributed by atoms with Crippen LogP contribution in [0.1, 0.15) is 51.9 Å². The van der Waals surface area contributed by atoms with Gasteiger partial charge in [0, 0.05) is 19.0 Å². The molecule has 21 heavy (non-hydrogen) atoms. The van der Waals surface area contributed by atoms with Crippen LogP contribution in [0.15, 0.2) is 0 Å². The molecule has 1 saturated carbocycles. The molecule has 2 rings (SSSR count). The van der Waals surface area contributed by atoms with Crippen LogP contribution in [0.3, 0.4) is 0 Å². The van der Waals surface area contributed by atoms with Crippen LogP contribution in [-0.4, -0.2) is 48.7 Å². The highest BCUT2D eigenvalue weighted by atomic mass is 16.3. The molecule has 0 bridgehead atoms. The Balaban J connectivity index is 1.61. The molecule has 1 amide bonds. The normalized spacial score (nSPS) is 28.5. The fourth-order valence-corrected chi connectivity index (χ4v) is 3.78. The van der Waals surface area contributed by atoms with E-state index in [4.69, 9.17) is 5.11 Å². The zero-order valence-corrected chi connectivity index (χ0v) is 13.5. The van der Waals surface area contributed by atoms with Crippen LogP contribution in [0, 0.1) is 17.8 Å². The van der Waals surface area contributed by atoms with Gasteiger partial charge < -0.3 is 15.3 Å². The van der Waals surface area contributed by atoms with Crippen molar-refractivity contribution in [1.82, 2.24) is 10.2 Å². The van der Waals surface area contributed by atoms with Gasteiger partial charge in [-0.2, -0.15) is 0 Å². The van der Waals surface area contributed by atoms with Gasteiger partial charge in [0.25, 0.3) is 0 Å². The van der Waals surface area contributed by atoms with Gasteiger partial charge in [-0.3, -0.25) is 4.79 Å². The van der Waals surface area contributed by atoms with Gasteiger partial charge in [0.05, 0.1) is 6.61 Å². The topological polar surface area (TPSA) is 52.6 Å². The molecule has 4 nitrogen and oxygen atoms in total. The highest BCUT2D eigenvalue weighted by Gasteiger charge is 2.26.